The number of para-hydroxylation sites is 1. The summed E-state index contributed by atoms with van der Waals surface area (Å²) in [6, 6.07) is 13.4. The maximum absolute atomic E-state index is 12.2. The zero-order chi connectivity index (χ0) is 19.6. The van der Waals surface area contributed by atoms with Crippen LogP contribution in [0.1, 0.15) is 17.2 Å². The number of hydrogen-bond acceptors (Lipinski definition) is 5. The van der Waals surface area contributed by atoms with Gasteiger partial charge in [0, 0.05) is 42.3 Å². The van der Waals surface area contributed by atoms with Crippen LogP contribution in [0.2, 0.25) is 0 Å². The highest BCUT2D eigenvalue weighted by atomic mass is 35.5. The van der Waals surface area contributed by atoms with E-state index in [1.807, 2.05) is 24.3 Å². The van der Waals surface area contributed by atoms with Gasteiger partial charge in [0.15, 0.2) is 6.04 Å². The van der Waals surface area contributed by atoms with Crippen molar-refractivity contribution in [2.24, 2.45) is 4.99 Å². The van der Waals surface area contributed by atoms with Gasteiger partial charge in [-0.1, -0.05) is 24.3 Å². The second kappa shape index (κ2) is 10.8. The molecule has 1 atom stereocenters. The lowest BCUT2D eigenvalue weighted by atomic mass is 10.1. The van der Waals surface area contributed by atoms with Crippen molar-refractivity contribution in [3.63, 3.8) is 0 Å². The molecule has 0 saturated carbocycles. The van der Waals surface area contributed by atoms with Crippen LogP contribution in [-0.2, 0) is 9.53 Å². The number of phenolic OH excluding ortho intramolecular Hbond substituents is 1. The first kappa shape index (κ1) is 21.1. The number of aromatic hydroxyl groups is 1. The molecule has 2 aromatic rings. The number of ether oxygens (including phenoxy) is 1. The quantitative estimate of drug-likeness (QED) is 0.386. The van der Waals surface area contributed by atoms with Crippen molar-refractivity contribution >= 4 is 41.1 Å². The second-order valence-corrected chi connectivity index (χ2v) is 6.48. The number of benzene rings is 2. The summed E-state index contributed by atoms with van der Waals surface area (Å²) in [6.45, 7) is 1.36. The predicted octanol–water partition coefficient (Wildman–Crippen LogP) is 4.01. The van der Waals surface area contributed by atoms with Crippen molar-refractivity contribution in [3.8, 4) is 5.75 Å². The number of aliphatic imine (C=N–C) groups is 1. The molecule has 1 N–H and O–H groups in total. The van der Waals surface area contributed by atoms with Crippen LogP contribution in [0.25, 0.3) is 0 Å². The summed E-state index contributed by atoms with van der Waals surface area (Å²) < 4.78 is 4.88. The fraction of sp³-hybridized carbons (Fsp3) is 0.300. The molecule has 0 spiro atoms. The summed E-state index contributed by atoms with van der Waals surface area (Å²) in [5.74, 6) is 0.605. The number of nitrogens with zero attached hydrogens (tertiary/aromatic N) is 2. The normalized spacial score (nSPS) is 12.1. The summed E-state index contributed by atoms with van der Waals surface area (Å²) in [7, 11) is 1.32. The molecule has 2 aromatic carbocycles. The zero-order valence-electron chi connectivity index (χ0n) is 15.0. The third kappa shape index (κ3) is 5.88. The Morgan fingerprint density at radius 3 is 2.33 bits per heavy atom. The molecule has 0 aliphatic rings. The lowest BCUT2D eigenvalue weighted by molar-refractivity contribution is -0.142. The minimum absolute atomic E-state index is 0.0954. The van der Waals surface area contributed by atoms with E-state index in [1.54, 1.807) is 24.3 Å². The van der Waals surface area contributed by atoms with E-state index in [-0.39, 0.29) is 5.75 Å². The Morgan fingerprint density at radius 2 is 1.78 bits per heavy atom. The smallest absolute Gasteiger partial charge is 0.335 e. The largest absolute Gasteiger partial charge is 0.507 e. The minimum atomic E-state index is -0.821. The lowest BCUT2D eigenvalue weighted by Gasteiger charge is -2.23. The highest BCUT2D eigenvalue weighted by Gasteiger charge is 2.20. The molecule has 0 amide bonds. The summed E-state index contributed by atoms with van der Waals surface area (Å²) in [5, 5.41) is 9.85. The van der Waals surface area contributed by atoms with E-state index in [1.165, 1.54) is 13.3 Å². The maximum atomic E-state index is 12.2. The minimum Gasteiger partial charge on any atom is -0.507 e. The van der Waals surface area contributed by atoms with E-state index in [0.29, 0.717) is 36.0 Å². The third-order valence-electron chi connectivity index (χ3n) is 4.01. The second-order valence-electron chi connectivity index (χ2n) is 5.72. The number of alkyl halides is 2. The van der Waals surface area contributed by atoms with Crippen LogP contribution < -0.4 is 4.90 Å². The molecule has 0 saturated heterocycles. The molecule has 0 aliphatic heterocycles. The number of esters is 1. The molecular weight excluding hydrogens is 387 g/mol. The molecule has 0 unspecified atom stereocenters. The van der Waals surface area contributed by atoms with Crippen LogP contribution in [0.3, 0.4) is 0 Å². The van der Waals surface area contributed by atoms with E-state index >= 15 is 0 Å². The van der Waals surface area contributed by atoms with Crippen LogP contribution in [0.5, 0.6) is 5.75 Å². The standard InChI is InChI=1S/C20H22Cl2N2O3/c1-27-20(26)19(23-14-16-4-2-3-5-18(16)25)15-6-8-17(9-7-15)24(12-10-21)13-11-22/h2-9,14,19,25H,10-13H2,1H3/t19-/m1/s1. The first-order chi connectivity index (χ1) is 13.1. The Bertz CT molecular complexity index is 760. The van der Waals surface area contributed by atoms with E-state index in [4.69, 9.17) is 27.9 Å². The summed E-state index contributed by atoms with van der Waals surface area (Å²) in [4.78, 5) is 18.6. The number of phenols is 1. The molecule has 0 aliphatic carbocycles. The first-order valence-corrected chi connectivity index (χ1v) is 9.53. The number of hydrogen-bond donors (Lipinski definition) is 1. The summed E-state index contributed by atoms with van der Waals surface area (Å²) in [6.07, 6.45) is 1.47. The molecule has 7 heteroatoms. The molecule has 0 bridgehead atoms. The van der Waals surface area contributed by atoms with E-state index in [9.17, 15) is 9.90 Å². The van der Waals surface area contributed by atoms with Crippen molar-refractivity contribution < 1.29 is 14.6 Å². The van der Waals surface area contributed by atoms with Crippen LogP contribution in [0, 0.1) is 0 Å². The summed E-state index contributed by atoms with van der Waals surface area (Å²) in [5.41, 5.74) is 2.18. The van der Waals surface area contributed by atoms with Gasteiger partial charge in [-0.2, -0.15) is 0 Å². The van der Waals surface area contributed by atoms with Crippen molar-refractivity contribution in [2.75, 3.05) is 36.9 Å². The maximum Gasteiger partial charge on any atom is 0.335 e. The van der Waals surface area contributed by atoms with Crippen molar-refractivity contribution in [3.05, 3.63) is 59.7 Å². The Hall–Kier alpha value is -2.24. The average Bonchev–Trinajstić information content (AvgIpc) is 2.69. The number of rotatable bonds is 9. The molecule has 0 radical (unpaired) electrons. The molecule has 0 heterocycles. The van der Waals surface area contributed by atoms with E-state index in [2.05, 4.69) is 9.89 Å². The highest BCUT2D eigenvalue weighted by molar-refractivity contribution is 6.18. The molecule has 144 valence electrons. The van der Waals surface area contributed by atoms with Gasteiger partial charge < -0.3 is 14.7 Å². The van der Waals surface area contributed by atoms with Gasteiger partial charge in [0.05, 0.1) is 7.11 Å². The van der Waals surface area contributed by atoms with Gasteiger partial charge in [0.2, 0.25) is 0 Å². The van der Waals surface area contributed by atoms with Gasteiger partial charge in [-0.15, -0.1) is 23.2 Å². The molecule has 2 rings (SSSR count). The Kier molecular flexibility index (Phi) is 8.43. The molecule has 0 aromatic heterocycles. The topological polar surface area (TPSA) is 62.1 Å². The number of carbonyl (C=O) groups excluding carboxylic acids is 1. The van der Waals surface area contributed by atoms with Gasteiger partial charge in [-0.3, -0.25) is 4.99 Å². The van der Waals surface area contributed by atoms with Crippen LogP contribution in [0.15, 0.2) is 53.5 Å². The molecule has 5 nitrogen and oxygen atoms in total. The van der Waals surface area contributed by atoms with Gasteiger partial charge in [-0.05, 0) is 29.8 Å². The van der Waals surface area contributed by atoms with Crippen LogP contribution in [-0.4, -0.2) is 49.2 Å². The Morgan fingerprint density at radius 1 is 1.15 bits per heavy atom. The summed E-state index contributed by atoms with van der Waals surface area (Å²) >= 11 is 11.7. The van der Waals surface area contributed by atoms with Crippen molar-refractivity contribution in [2.45, 2.75) is 6.04 Å². The number of carbonyl (C=O) groups is 1. The monoisotopic (exact) mass is 408 g/mol. The van der Waals surface area contributed by atoms with Gasteiger partial charge in [0.25, 0.3) is 0 Å². The first-order valence-electron chi connectivity index (χ1n) is 8.46. The van der Waals surface area contributed by atoms with Crippen LogP contribution in [0.4, 0.5) is 5.69 Å². The SMILES string of the molecule is COC(=O)[C@H](N=Cc1ccccc1O)c1ccc(N(CCCl)CCCl)cc1. The predicted molar refractivity (Wildman–Crippen MR) is 111 cm³/mol. The zero-order valence-corrected chi connectivity index (χ0v) is 16.5. The fourth-order valence-corrected chi connectivity index (χ4v) is 3.00. The Labute approximate surface area is 169 Å². The molecular formula is C20H22Cl2N2O3. The number of anilines is 1. The number of halogens is 2. The van der Waals surface area contributed by atoms with Crippen molar-refractivity contribution in [1.82, 2.24) is 0 Å². The average molecular weight is 409 g/mol. The van der Waals surface area contributed by atoms with Gasteiger partial charge >= 0.3 is 5.97 Å². The van der Waals surface area contributed by atoms with E-state index in [0.717, 1.165) is 5.69 Å². The fourth-order valence-electron chi connectivity index (χ4n) is 2.59. The van der Waals surface area contributed by atoms with Gasteiger partial charge in [0.1, 0.15) is 5.75 Å². The Balaban J connectivity index is 2.26. The van der Waals surface area contributed by atoms with E-state index < -0.39 is 12.0 Å². The van der Waals surface area contributed by atoms with Crippen molar-refractivity contribution in [1.29, 1.82) is 0 Å². The lowest BCUT2D eigenvalue weighted by Crippen LogP contribution is -2.27. The molecule has 0 fully saturated rings. The van der Waals surface area contributed by atoms with Crippen LogP contribution >= 0.6 is 23.2 Å². The number of methoxy groups -OCH3 is 1. The highest BCUT2D eigenvalue weighted by Crippen LogP contribution is 2.24. The van der Waals surface area contributed by atoms with Gasteiger partial charge in [-0.25, -0.2) is 4.79 Å². The third-order valence-corrected chi connectivity index (χ3v) is 4.34. The molecule has 27 heavy (non-hydrogen) atoms.